The van der Waals surface area contributed by atoms with Crippen molar-refractivity contribution >= 4 is 6.09 Å². The van der Waals surface area contributed by atoms with Crippen LogP contribution < -0.4 is 5.32 Å². The number of hydrogen-bond donors (Lipinski definition) is 2. The predicted octanol–water partition coefficient (Wildman–Crippen LogP) is 1.53. The first-order chi connectivity index (χ1) is 6.83. The number of rotatable bonds is 2. The molecule has 0 radical (unpaired) electrons. The number of nitrogens with one attached hydrogen (secondary N) is 1. The van der Waals surface area contributed by atoms with Gasteiger partial charge in [-0.2, -0.15) is 0 Å². The molecule has 1 aliphatic carbocycles. The van der Waals surface area contributed by atoms with Crippen LogP contribution in [0.2, 0.25) is 0 Å². The Hall–Kier alpha value is -0.770. The second-order valence-electron chi connectivity index (χ2n) is 5.29. The fourth-order valence-electron chi connectivity index (χ4n) is 1.78. The molecule has 1 amide bonds. The molecule has 15 heavy (non-hydrogen) atoms. The van der Waals surface area contributed by atoms with Crippen LogP contribution in [0.3, 0.4) is 0 Å². The van der Waals surface area contributed by atoms with Crippen molar-refractivity contribution in [3.05, 3.63) is 0 Å². The van der Waals surface area contributed by atoms with Crippen LogP contribution in [0, 0.1) is 11.8 Å². The van der Waals surface area contributed by atoms with Gasteiger partial charge in [0.1, 0.15) is 5.60 Å². The van der Waals surface area contributed by atoms with Gasteiger partial charge in [-0.1, -0.05) is 6.92 Å². The summed E-state index contributed by atoms with van der Waals surface area (Å²) in [5, 5.41) is 11.8. The summed E-state index contributed by atoms with van der Waals surface area (Å²) in [5.41, 5.74) is -0.451. The lowest BCUT2D eigenvalue weighted by Gasteiger charge is -2.42. The molecular formula is C11H21NO3. The van der Waals surface area contributed by atoms with Crippen LogP contribution >= 0.6 is 0 Å². The highest BCUT2D eigenvalue weighted by molar-refractivity contribution is 5.68. The molecule has 88 valence electrons. The van der Waals surface area contributed by atoms with Crippen LogP contribution in [-0.4, -0.2) is 29.4 Å². The zero-order chi connectivity index (χ0) is 11.6. The average molecular weight is 215 g/mol. The van der Waals surface area contributed by atoms with Crippen LogP contribution in [0.15, 0.2) is 0 Å². The number of ether oxygens (including phenoxy) is 1. The Balaban J connectivity index is 2.29. The molecule has 1 rings (SSSR count). The number of alkyl carbamates (subject to hydrolysis) is 1. The third kappa shape index (κ3) is 3.38. The second-order valence-corrected chi connectivity index (χ2v) is 5.29. The van der Waals surface area contributed by atoms with Crippen LogP contribution in [-0.2, 0) is 4.74 Å². The fraction of sp³-hybridized carbons (Fsp3) is 0.909. The summed E-state index contributed by atoms with van der Waals surface area (Å²) >= 11 is 0. The monoisotopic (exact) mass is 215 g/mol. The Morgan fingerprint density at radius 1 is 1.53 bits per heavy atom. The number of hydrogen-bond acceptors (Lipinski definition) is 3. The fourth-order valence-corrected chi connectivity index (χ4v) is 1.78. The Morgan fingerprint density at radius 2 is 2.13 bits per heavy atom. The van der Waals surface area contributed by atoms with Crippen molar-refractivity contribution in [1.82, 2.24) is 5.32 Å². The number of aliphatic hydroxyl groups excluding tert-OH is 1. The van der Waals surface area contributed by atoms with E-state index in [1.807, 2.05) is 27.7 Å². The maximum absolute atomic E-state index is 11.4. The van der Waals surface area contributed by atoms with Gasteiger partial charge in [0.15, 0.2) is 0 Å². The van der Waals surface area contributed by atoms with E-state index in [0.717, 1.165) is 6.42 Å². The van der Waals surface area contributed by atoms with E-state index in [4.69, 9.17) is 9.84 Å². The van der Waals surface area contributed by atoms with E-state index in [-0.39, 0.29) is 18.7 Å². The highest BCUT2D eigenvalue weighted by atomic mass is 16.6. The van der Waals surface area contributed by atoms with Gasteiger partial charge in [-0.3, -0.25) is 0 Å². The molecule has 0 aliphatic heterocycles. The number of aliphatic hydroxyl groups is 1. The average Bonchev–Trinajstić information content (AvgIpc) is 2.08. The highest BCUT2D eigenvalue weighted by Gasteiger charge is 2.38. The molecule has 1 saturated carbocycles. The zero-order valence-corrected chi connectivity index (χ0v) is 9.91. The van der Waals surface area contributed by atoms with E-state index in [0.29, 0.717) is 11.8 Å². The van der Waals surface area contributed by atoms with E-state index >= 15 is 0 Å². The lowest BCUT2D eigenvalue weighted by molar-refractivity contribution is 0.0255. The Bertz CT molecular complexity index is 234. The molecule has 0 saturated heterocycles. The molecule has 0 heterocycles. The molecule has 0 aromatic carbocycles. The molecule has 3 unspecified atom stereocenters. The molecule has 4 nitrogen and oxygen atoms in total. The van der Waals surface area contributed by atoms with Gasteiger partial charge in [-0.25, -0.2) is 4.79 Å². The van der Waals surface area contributed by atoms with Gasteiger partial charge in [0, 0.05) is 12.6 Å². The number of amides is 1. The SMILES string of the molecule is CC1C(CO)CC1NC(=O)OC(C)(C)C. The lowest BCUT2D eigenvalue weighted by Crippen LogP contribution is -2.53. The first kappa shape index (κ1) is 12.3. The molecule has 1 aliphatic rings. The molecule has 2 N–H and O–H groups in total. The minimum atomic E-state index is -0.451. The summed E-state index contributed by atoms with van der Waals surface area (Å²) in [4.78, 5) is 11.4. The summed E-state index contributed by atoms with van der Waals surface area (Å²) < 4.78 is 5.15. The van der Waals surface area contributed by atoms with Crippen molar-refractivity contribution < 1.29 is 14.6 Å². The van der Waals surface area contributed by atoms with Gasteiger partial charge >= 0.3 is 6.09 Å². The lowest BCUT2D eigenvalue weighted by atomic mass is 9.71. The van der Waals surface area contributed by atoms with Crippen molar-refractivity contribution in [2.75, 3.05) is 6.61 Å². The maximum Gasteiger partial charge on any atom is 0.407 e. The van der Waals surface area contributed by atoms with Crippen LogP contribution in [0.1, 0.15) is 34.1 Å². The number of carbonyl (C=O) groups excluding carboxylic acids is 1. The molecule has 1 fully saturated rings. The van der Waals surface area contributed by atoms with Crippen molar-refractivity contribution in [3.8, 4) is 0 Å². The van der Waals surface area contributed by atoms with E-state index in [1.165, 1.54) is 0 Å². The van der Waals surface area contributed by atoms with Crippen molar-refractivity contribution in [2.45, 2.75) is 45.8 Å². The molecule has 0 aromatic rings. The summed E-state index contributed by atoms with van der Waals surface area (Å²) in [6, 6.07) is 0.150. The zero-order valence-electron chi connectivity index (χ0n) is 9.91. The third-order valence-electron chi connectivity index (χ3n) is 2.87. The standard InChI is InChI=1S/C11H21NO3/c1-7-8(6-13)5-9(7)12-10(14)15-11(2,3)4/h7-9,13H,5-6H2,1-4H3,(H,12,14). The minimum Gasteiger partial charge on any atom is -0.444 e. The van der Waals surface area contributed by atoms with Gasteiger partial charge in [0.05, 0.1) is 0 Å². The first-order valence-electron chi connectivity index (χ1n) is 5.44. The van der Waals surface area contributed by atoms with Gasteiger partial charge in [0.2, 0.25) is 0 Å². The molecule has 0 aromatic heterocycles. The highest BCUT2D eigenvalue weighted by Crippen LogP contribution is 2.33. The van der Waals surface area contributed by atoms with Gasteiger partial charge in [0.25, 0.3) is 0 Å². The van der Waals surface area contributed by atoms with Crippen LogP contribution in [0.5, 0.6) is 0 Å². The van der Waals surface area contributed by atoms with E-state index in [9.17, 15) is 4.79 Å². The second kappa shape index (κ2) is 4.39. The smallest absolute Gasteiger partial charge is 0.407 e. The summed E-state index contributed by atoms with van der Waals surface area (Å²) in [6.45, 7) is 7.76. The van der Waals surface area contributed by atoms with Crippen LogP contribution in [0.25, 0.3) is 0 Å². The Labute approximate surface area is 91.0 Å². The topological polar surface area (TPSA) is 58.6 Å². The van der Waals surface area contributed by atoms with Gasteiger partial charge in [-0.15, -0.1) is 0 Å². The van der Waals surface area contributed by atoms with Crippen molar-refractivity contribution in [2.24, 2.45) is 11.8 Å². The first-order valence-corrected chi connectivity index (χ1v) is 5.44. The van der Waals surface area contributed by atoms with Crippen molar-refractivity contribution in [1.29, 1.82) is 0 Å². The molecule has 0 bridgehead atoms. The summed E-state index contributed by atoms with van der Waals surface area (Å²) in [7, 11) is 0. The molecule has 3 atom stereocenters. The predicted molar refractivity (Wildman–Crippen MR) is 57.5 cm³/mol. The summed E-state index contributed by atoms with van der Waals surface area (Å²) in [6.07, 6.45) is 0.479. The van der Waals surface area contributed by atoms with Crippen molar-refractivity contribution in [3.63, 3.8) is 0 Å². The molecule has 0 spiro atoms. The molecule has 4 heteroatoms. The van der Waals surface area contributed by atoms with Gasteiger partial charge < -0.3 is 15.2 Å². The quantitative estimate of drug-likeness (QED) is 0.734. The van der Waals surface area contributed by atoms with E-state index < -0.39 is 5.60 Å². The Kier molecular flexibility index (Phi) is 3.60. The number of carbonyl (C=O) groups is 1. The minimum absolute atomic E-state index is 0.150. The van der Waals surface area contributed by atoms with Crippen LogP contribution in [0.4, 0.5) is 4.79 Å². The molecular weight excluding hydrogens is 194 g/mol. The summed E-state index contributed by atoms with van der Waals surface area (Å²) in [5.74, 6) is 0.660. The van der Waals surface area contributed by atoms with E-state index in [2.05, 4.69) is 5.32 Å². The third-order valence-corrected chi connectivity index (χ3v) is 2.87. The van der Waals surface area contributed by atoms with Gasteiger partial charge in [-0.05, 0) is 39.0 Å². The normalized spacial score (nSPS) is 30.6. The van der Waals surface area contributed by atoms with E-state index in [1.54, 1.807) is 0 Å². The Morgan fingerprint density at radius 3 is 2.53 bits per heavy atom. The maximum atomic E-state index is 11.4. The largest absolute Gasteiger partial charge is 0.444 e.